The first kappa shape index (κ1) is 27.8. The molecule has 1 aliphatic carbocycles. The molecule has 38 heavy (non-hydrogen) atoms. The number of ether oxygens (including phenoxy) is 1. The highest BCUT2D eigenvalue weighted by Crippen LogP contribution is 2.46. The van der Waals surface area contributed by atoms with Crippen LogP contribution in [-0.4, -0.2) is 60.1 Å². The largest absolute Gasteiger partial charge is 0.497 e. The molecule has 2 aromatic rings. The van der Waals surface area contributed by atoms with Crippen molar-refractivity contribution in [2.75, 3.05) is 13.7 Å². The van der Waals surface area contributed by atoms with E-state index in [0.29, 0.717) is 25.1 Å². The van der Waals surface area contributed by atoms with Crippen molar-refractivity contribution < 1.29 is 24.2 Å². The zero-order chi connectivity index (χ0) is 27.3. The maximum absolute atomic E-state index is 13.7. The number of nitrogens with one attached hydrogen (secondary N) is 3. The number of piperidine rings is 1. The minimum absolute atomic E-state index is 0.0149. The summed E-state index contributed by atoms with van der Waals surface area (Å²) in [5.41, 5.74) is 0.130. The lowest BCUT2D eigenvalue weighted by Gasteiger charge is -2.37. The lowest BCUT2D eigenvalue weighted by Crippen LogP contribution is -2.63. The quantitative estimate of drug-likeness (QED) is 0.361. The normalized spacial score (nSPS) is 23.5. The van der Waals surface area contributed by atoms with E-state index in [1.807, 2.05) is 49.4 Å². The molecule has 8 nitrogen and oxygen atoms in total. The number of carbonyl (C=O) groups excluding carboxylic acids is 3. The van der Waals surface area contributed by atoms with Crippen LogP contribution >= 0.6 is 0 Å². The number of benzene rings is 2. The van der Waals surface area contributed by atoms with Crippen LogP contribution in [0.3, 0.4) is 0 Å². The minimum atomic E-state index is -1.23. The van der Waals surface area contributed by atoms with Gasteiger partial charge < -0.3 is 25.8 Å². The smallest absolute Gasteiger partial charge is 0.243 e. The number of methoxy groups -OCH3 is 1. The molecule has 204 valence electrons. The van der Waals surface area contributed by atoms with Crippen LogP contribution in [0.15, 0.2) is 54.6 Å². The molecular formula is C30H39N3O5. The Kier molecular flexibility index (Phi) is 8.53. The van der Waals surface area contributed by atoms with Crippen LogP contribution in [0.1, 0.15) is 50.7 Å². The highest BCUT2D eigenvalue weighted by Gasteiger charge is 2.48. The van der Waals surface area contributed by atoms with Gasteiger partial charge in [0.2, 0.25) is 11.8 Å². The molecule has 4 atom stereocenters. The Bertz CT molecular complexity index is 1130. The molecule has 1 saturated carbocycles. The number of aliphatic hydroxyl groups is 1. The number of carbonyl (C=O) groups is 3. The molecule has 0 bridgehead atoms. The number of ketones is 1. The number of rotatable bonds is 11. The van der Waals surface area contributed by atoms with Gasteiger partial charge in [-0.2, -0.15) is 0 Å². The molecule has 1 aliphatic heterocycles. The standard InChI is InChI=1S/C30H39N3O5/c1-29(15-16-29)26(34)23(18-20-8-5-4-6-9-20)32-27(35)24(19-21-10-12-22(38-3)13-11-21)33-28(36)25-30(2,37)14-7-17-31-25/h4-6,8-13,23-25,31,37H,7,14-19H2,1-3H3,(H,32,35)(H,33,36)/t23-,24?,25?,30?/m0/s1. The summed E-state index contributed by atoms with van der Waals surface area (Å²) in [5, 5.41) is 19.7. The van der Waals surface area contributed by atoms with Crippen LogP contribution in [0.4, 0.5) is 0 Å². The molecule has 4 rings (SSSR count). The summed E-state index contributed by atoms with van der Waals surface area (Å²) in [6, 6.07) is 14.4. The van der Waals surface area contributed by atoms with E-state index in [1.165, 1.54) is 0 Å². The third-order valence-corrected chi connectivity index (χ3v) is 7.83. The maximum atomic E-state index is 13.7. The second-order valence-corrected chi connectivity index (χ2v) is 11.1. The summed E-state index contributed by atoms with van der Waals surface area (Å²) in [7, 11) is 1.58. The second-order valence-electron chi connectivity index (χ2n) is 11.1. The summed E-state index contributed by atoms with van der Waals surface area (Å²) in [4.78, 5) is 40.4. The number of Topliss-reactive ketones (excluding diaryl/α,β-unsaturated/α-hetero) is 1. The van der Waals surface area contributed by atoms with E-state index in [9.17, 15) is 19.5 Å². The lowest BCUT2D eigenvalue weighted by atomic mass is 9.87. The highest BCUT2D eigenvalue weighted by molar-refractivity contribution is 5.97. The van der Waals surface area contributed by atoms with E-state index in [0.717, 1.165) is 30.4 Å². The van der Waals surface area contributed by atoms with Gasteiger partial charge in [-0.15, -0.1) is 0 Å². The zero-order valence-corrected chi connectivity index (χ0v) is 22.5. The van der Waals surface area contributed by atoms with E-state index >= 15 is 0 Å². The van der Waals surface area contributed by atoms with Gasteiger partial charge in [-0.25, -0.2) is 0 Å². The molecule has 1 saturated heterocycles. The van der Waals surface area contributed by atoms with Crippen molar-refractivity contribution in [1.82, 2.24) is 16.0 Å². The maximum Gasteiger partial charge on any atom is 0.243 e. The first-order valence-electron chi connectivity index (χ1n) is 13.4. The SMILES string of the molecule is COc1ccc(CC(NC(=O)C2NCCCC2(C)O)C(=O)N[C@@H](Cc2ccccc2)C(=O)C2(C)CC2)cc1. The second kappa shape index (κ2) is 11.7. The predicted molar refractivity (Wildman–Crippen MR) is 145 cm³/mol. The van der Waals surface area contributed by atoms with Gasteiger partial charge in [0.1, 0.15) is 17.8 Å². The van der Waals surface area contributed by atoms with Crippen LogP contribution < -0.4 is 20.7 Å². The highest BCUT2D eigenvalue weighted by atomic mass is 16.5. The van der Waals surface area contributed by atoms with Crippen LogP contribution in [-0.2, 0) is 27.2 Å². The summed E-state index contributed by atoms with van der Waals surface area (Å²) < 4.78 is 5.24. The van der Waals surface area contributed by atoms with Crippen LogP contribution in [0.5, 0.6) is 5.75 Å². The molecule has 2 amide bonds. The van der Waals surface area contributed by atoms with E-state index < -0.39 is 41.0 Å². The van der Waals surface area contributed by atoms with Gasteiger partial charge in [0.05, 0.1) is 18.8 Å². The average molecular weight is 522 g/mol. The lowest BCUT2D eigenvalue weighted by molar-refractivity contribution is -0.136. The predicted octanol–water partition coefficient (Wildman–Crippen LogP) is 2.32. The third-order valence-electron chi connectivity index (χ3n) is 7.83. The van der Waals surface area contributed by atoms with Crippen molar-refractivity contribution in [1.29, 1.82) is 0 Å². The van der Waals surface area contributed by atoms with Crippen molar-refractivity contribution in [3.05, 3.63) is 65.7 Å². The van der Waals surface area contributed by atoms with Crippen LogP contribution in [0.2, 0.25) is 0 Å². The number of amides is 2. The fraction of sp³-hybridized carbons (Fsp3) is 0.500. The molecule has 0 spiro atoms. The number of hydrogen-bond acceptors (Lipinski definition) is 6. The van der Waals surface area contributed by atoms with E-state index in [2.05, 4.69) is 16.0 Å². The van der Waals surface area contributed by atoms with Crippen molar-refractivity contribution >= 4 is 17.6 Å². The Morgan fingerprint density at radius 1 is 0.947 bits per heavy atom. The average Bonchev–Trinajstić information content (AvgIpc) is 3.66. The summed E-state index contributed by atoms with van der Waals surface area (Å²) >= 11 is 0. The van der Waals surface area contributed by atoms with Crippen LogP contribution in [0, 0.1) is 5.41 Å². The Morgan fingerprint density at radius 2 is 1.58 bits per heavy atom. The monoisotopic (exact) mass is 521 g/mol. The Hall–Kier alpha value is -3.23. The molecule has 8 heteroatoms. The topological polar surface area (TPSA) is 117 Å². The van der Waals surface area contributed by atoms with Crippen molar-refractivity contribution in [3.8, 4) is 5.75 Å². The van der Waals surface area contributed by atoms with Gasteiger partial charge in [-0.05, 0) is 68.8 Å². The molecule has 2 fully saturated rings. The summed E-state index contributed by atoms with van der Waals surface area (Å²) in [6.07, 6.45) is 3.46. The minimum Gasteiger partial charge on any atom is -0.497 e. The molecule has 2 aliphatic rings. The van der Waals surface area contributed by atoms with Crippen molar-refractivity contribution in [2.45, 2.75) is 76.1 Å². The summed E-state index contributed by atoms with van der Waals surface area (Å²) in [6.45, 7) is 4.18. The van der Waals surface area contributed by atoms with E-state index in [4.69, 9.17) is 4.74 Å². The Balaban J connectivity index is 1.55. The Labute approximate surface area is 224 Å². The zero-order valence-electron chi connectivity index (χ0n) is 22.5. The van der Waals surface area contributed by atoms with Crippen molar-refractivity contribution in [3.63, 3.8) is 0 Å². The van der Waals surface area contributed by atoms with Gasteiger partial charge in [0.15, 0.2) is 5.78 Å². The summed E-state index contributed by atoms with van der Waals surface area (Å²) in [5.74, 6) is -0.167. The third kappa shape index (κ3) is 6.79. The molecule has 0 radical (unpaired) electrons. The van der Waals surface area contributed by atoms with Gasteiger partial charge in [0, 0.05) is 11.8 Å². The molecule has 0 aromatic heterocycles. The van der Waals surface area contributed by atoms with Gasteiger partial charge in [0.25, 0.3) is 0 Å². The fourth-order valence-corrected chi connectivity index (χ4v) is 5.08. The molecule has 4 N–H and O–H groups in total. The first-order chi connectivity index (χ1) is 18.1. The van der Waals surface area contributed by atoms with Crippen LogP contribution in [0.25, 0.3) is 0 Å². The van der Waals surface area contributed by atoms with E-state index in [1.54, 1.807) is 26.2 Å². The van der Waals surface area contributed by atoms with Gasteiger partial charge in [-0.3, -0.25) is 14.4 Å². The van der Waals surface area contributed by atoms with Crippen molar-refractivity contribution in [2.24, 2.45) is 5.41 Å². The molecule has 2 aromatic carbocycles. The van der Waals surface area contributed by atoms with E-state index in [-0.39, 0.29) is 12.2 Å². The Morgan fingerprint density at radius 3 is 2.18 bits per heavy atom. The molecular weight excluding hydrogens is 482 g/mol. The molecule has 3 unspecified atom stereocenters. The van der Waals surface area contributed by atoms with Gasteiger partial charge >= 0.3 is 0 Å². The first-order valence-corrected chi connectivity index (χ1v) is 13.4. The van der Waals surface area contributed by atoms with Gasteiger partial charge in [-0.1, -0.05) is 49.4 Å². The number of hydrogen-bond donors (Lipinski definition) is 4. The fourth-order valence-electron chi connectivity index (χ4n) is 5.08. The molecule has 1 heterocycles.